The van der Waals surface area contributed by atoms with Crippen molar-refractivity contribution in [2.45, 2.75) is 77.6 Å². The molecule has 4 rings (SSSR count). The molecule has 0 N–H and O–H groups in total. The molecule has 0 nitrogen and oxygen atoms in total. The van der Waals surface area contributed by atoms with Crippen molar-refractivity contribution in [3.63, 3.8) is 0 Å². The first kappa shape index (κ1) is 19.2. The van der Waals surface area contributed by atoms with Crippen LogP contribution in [-0.2, 0) is 6.42 Å². The van der Waals surface area contributed by atoms with Gasteiger partial charge in [-0.15, -0.1) is 0 Å². The van der Waals surface area contributed by atoms with Crippen LogP contribution in [0, 0.1) is 0 Å². The summed E-state index contributed by atoms with van der Waals surface area (Å²) in [6.45, 7) is 2.29. The fourth-order valence-corrected chi connectivity index (χ4v) is 4.82. The topological polar surface area (TPSA) is 0 Å². The monoisotopic (exact) mass is 370 g/mol. The number of aryl methyl sites for hydroxylation is 1. The van der Waals surface area contributed by atoms with Crippen molar-refractivity contribution in [1.82, 2.24) is 0 Å². The standard InChI is InChI=1S/C28H34/c1-2-3-4-5-6-7-8-9-10-11-13-22-16-17-25-19-18-23-14-12-15-24-20-21-26(22)28(25)27(23)24/h12,14-21H,2-11,13H2,1H3. The Labute approximate surface area is 170 Å². The van der Waals surface area contributed by atoms with E-state index in [4.69, 9.17) is 0 Å². The first-order valence-corrected chi connectivity index (χ1v) is 11.5. The molecule has 0 aliphatic carbocycles. The molecular formula is C28H34. The van der Waals surface area contributed by atoms with Crippen LogP contribution in [0.15, 0.2) is 54.6 Å². The lowest BCUT2D eigenvalue weighted by Crippen LogP contribution is -1.91. The molecule has 0 radical (unpaired) electrons. The smallest absolute Gasteiger partial charge is 0.00240 e. The summed E-state index contributed by atoms with van der Waals surface area (Å²) in [7, 11) is 0. The second-order valence-corrected chi connectivity index (χ2v) is 8.51. The van der Waals surface area contributed by atoms with Crippen LogP contribution in [-0.4, -0.2) is 0 Å². The van der Waals surface area contributed by atoms with Gasteiger partial charge in [0.25, 0.3) is 0 Å². The van der Waals surface area contributed by atoms with Crippen molar-refractivity contribution in [3.8, 4) is 0 Å². The van der Waals surface area contributed by atoms with E-state index in [0.717, 1.165) is 0 Å². The number of hydrogen-bond donors (Lipinski definition) is 0. The molecule has 0 heterocycles. The minimum Gasteiger partial charge on any atom is -0.0654 e. The van der Waals surface area contributed by atoms with Crippen molar-refractivity contribution in [2.24, 2.45) is 0 Å². The Bertz CT molecular complexity index is 995. The van der Waals surface area contributed by atoms with Gasteiger partial charge in [0.05, 0.1) is 0 Å². The van der Waals surface area contributed by atoms with E-state index in [1.54, 1.807) is 0 Å². The molecule has 0 heteroatoms. The van der Waals surface area contributed by atoms with Gasteiger partial charge in [-0.2, -0.15) is 0 Å². The number of rotatable bonds is 11. The summed E-state index contributed by atoms with van der Waals surface area (Å²) in [5.41, 5.74) is 1.53. The molecular weight excluding hydrogens is 336 g/mol. The summed E-state index contributed by atoms with van der Waals surface area (Å²) >= 11 is 0. The van der Waals surface area contributed by atoms with Crippen LogP contribution in [0.4, 0.5) is 0 Å². The molecule has 0 saturated heterocycles. The summed E-state index contributed by atoms with van der Waals surface area (Å²) in [4.78, 5) is 0. The quantitative estimate of drug-likeness (QED) is 0.182. The highest BCUT2D eigenvalue weighted by atomic mass is 14.1. The molecule has 0 unspecified atom stereocenters. The third kappa shape index (κ3) is 4.17. The van der Waals surface area contributed by atoms with Crippen LogP contribution in [0.2, 0.25) is 0 Å². The molecule has 0 aromatic heterocycles. The van der Waals surface area contributed by atoms with E-state index in [9.17, 15) is 0 Å². The maximum Gasteiger partial charge on any atom is -0.00240 e. The highest BCUT2D eigenvalue weighted by Gasteiger charge is 2.10. The van der Waals surface area contributed by atoms with Crippen molar-refractivity contribution >= 4 is 32.3 Å². The average molecular weight is 371 g/mol. The summed E-state index contributed by atoms with van der Waals surface area (Å²) in [5, 5.41) is 8.50. The Morgan fingerprint density at radius 1 is 0.500 bits per heavy atom. The molecule has 0 spiro atoms. The highest BCUT2D eigenvalue weighted by molar-refractivity contribution is 6.23. The van der Waals surface area contributed by atoms with Gasteiger partial charge >= 0.3 is 0 Å². The highest BCUT2D eigenvalue weighted by Crippen LogP contribution is 2.36. The van der Waals surface area contributed by atoms with Crippen molar-refractivity contribution in [1.29, 1.82) is 0 Å². The zero-order valence-corrected chi connectivity index (χ0v) is 17.5. The van der Waals surface area contributed by atoms with E-state index in [2.05, 4.69) is 61.5 Å². The fourth-order valence-electron chi connectivity index (χ4n) is 4.82. The van der Waals surface area contributed by atoms with E-state index in [-0.39, 0.29) is 0 Å². The zero-order valence-electron chi connectivity index (χ0n) is 17.5. The van der Waals surface area contributed by atoms with Crippen molar-refractivity contribution in [3.05, 3.63) is 60.2 Å². The molecule has 0 aliphatic rings. The van der Waals surface area contributed by atoms with E-state index >= 15 is 0 Å². The first-order valence-electron chi connectivity index (χ1n) is 11.5. The lowest BCUT2D eigenvalue weighted by atomic mass is 9.90. The molecule has 0 fully saturated rings. The Morgan fingerprint density at radius 3 is 1.71 bits per heavy atom. The Kier molecular flexibility index (Phi) is 6.47. The predicted molar refractivity (Wildman–Crippen MR) is 126 cm³/mol. The van der Waals surface area contributed by atoms with Crippen LogP contribution in [0.5, 0.6) is 0 Å². The zero-order chi connectivity index (χ0) is 19.2. The van der Waals surface area contributed by atoms with Crippen LogP contribution in [0.25, 0.3) is 32.3 Å². The first-order chi connectivity index (χ1) is 13.9. The maximum absolute atomic E-state index is 2.37. The van der Waals surface area contributed by atoms with E-state index < -0.39 is 0 Å². The minimum absolute atomic E-state index is 1.21. The molecule has 0 bridgehead atoms. The van der Waals surface area contributed by atoms with Crippen LogP contribution in [0.1, 0.15) is 76.7 Å². The lowest BCUT2D eigenvalue weighted by Gasteiger charge is -2.14. The molecule has 0 atom stereocenters. The predicted octanol–water partition coefficient (Wildman–Crippen LogP) is 9.05. The molecule has 4 aromatic rings. The van der Waals surface area contributed by atoms with Gasteiger partial charge in [-0.1, -0.05) is 119 Å². The van der Waals surface area contributed by atoms with Gasteiger partial charge in [-0.05, 0) is 50.7 Å². The molecule has 146 valence electrons. The third-order valence-electron chi connectivity index (χ3n) is 6.42. The number of unbranched alkanes of at least 4 members (excludes halogenated alkanes) is 9. The molecule has 0 aliphatic heterocycles. The van der Waals surface area contributed by atoms with E-state index in [1.165, 1.54) is 109 Å². The van der Waals surface area contributed by atoms with Crippen molar-refractivity contribution < 1.29 is 0 Å². The normalized spacial score (nSPS) is 11.9. The summed E-state index contributed by atoms with van der Waals surface area (Å²) in [6, 6.07) is 20.6. The van der Waals surface area contributed by atoms with Crippen molar-refractivity contribution in [2.75, 3.05) is 0 Å². The van der Waals surface area contributed by atoms with Gasteiger partial charge in [-0.3, -0.25) is 0 Å². The second kappa shape index (κ2) is 9.41. The Hall–Kier alpha value is -2.08. The fraction of sp³-hybridized carbons (Fsp3) is 0.429. The third-order valence-corrected chi connectivity index (χ3v) is 6.42. The average Bonchev–Trinajstić information content (AvgIpc) is 2.74. The SMILES string of the molecule is CCCCCCCCCCCCc1ccc2ccc3cccc4ccc1c2c34. The van der Waals surface area contributed by atoms with Crippen LogP contribution in [0.3, 0.4) is 0 Å². The summed E-state index contributed by atoms with van der Waals surface area (Å²) in [6.07, 6.45) is 15.2. The lowest BCUT2D eigenvalue weighted by molar-refractivity contribution is 0.556. The van der Waals surface area contributed by atoms with Gasteiger partial charge in [-0.25, -0.2) is 0 Å². The summed E-state index contributed by atoms with van der Waals surface area (Å²) < 4.78 is 0. The molecule has 28 heavy (non-hydrogen) atoms. The van der Waals surface area contributed by atoms with E-state index in [0.29, 0.717) is 0 Å². The second-order valence-electron chi connectivity index (χ2n) is 8.51. The molecule has 0 saturated carbocycles. The van der Waals surface area contributed by atoms with Gasteiger partial charge in [0.2, 0.25) is 0 Å². The van der Waals surface area contributed by atoms with Gasteiger partial charge in [0.1, 0.15) is 0 Å². The van der Waals surface area contributed by atoms with Gasteiger partial charge < -0.3 is 0 Å². The Morgan fingerprint density at radius 2 is 1.04 bits per heavy atom. The maximum atomic E-state index is 2.37. The van der Waals surface area contributed by atoms with E-state index in [1.807, 2.05) is 0 Å². The minimum atomic E-state index is 1.21. The molecule has 4 aromatic carbocycles. The van der Waals surface area contributed by atoms with Crippen LogP contribution >= 0.6 is 0 Å². The Balaban J connectivity index is 1.36. The van der Waals surface area contributed by atoms with Crippen LogP contribution < -0.4 is 0 Å². The van der Waals surface area contributed by atoms with Gasteiger partial charge in [0.15, 0.2) is 0 Å². The summed E-state index contributed by atoms with van der Waals surface area (Å²) in [5.74, 6) is 0. The largest absolute Gasteiger partial charge is 0.0654 e. The van der Waals surface area contributed by atoms with Gasteiger partial charge in [0, 0.05) is 0 Å². The number of hydrogen-bond acceptors (Lipinski definition) is 0. The molecule has 0 amide bonds. The number of benzene rings is 4.